The van der Waals surface area contributed by atoms with Crippen LogP contribution in [0.3, 0.4) is 0 Å². The van der Waals surface area contributed by atoms with Crippen molar-refractivity contribution < 1.29 is 14.4 Å². The first-order valence-corrected chi connectivity index (χ1v) is 9.77. The Hall–Kier alpha value is -1.89. The number of hydrogen-bond donors (Lipinski definition) is 1. The molecule has 1 aromatic heterocycles. The second-order valence-corrected chi connectivity index (χ2v) is 7.88. The molecule has 0 radical (unpaired) electrons. The predicted octanol–water partition coefficient (Wildman–Crippen LogP) is 1.87. The molecule has 1 aliphatic heterocycles. The molecule has 1 aliphatic carbocycles. The molecule has 6 nitrogen and oxygen atoms in total. The van der Waals surface area contributed by atoms with Crippen molar-refractivity contribution in [2.75, 3.05) is 26.2 Å². The first-order chi connectivity index (χ1) is 12.0. The average molecular weight is 363 g/mol. The number of rotatable bonds is 3. The van der Waals surface area contributed by atoms with Crippen molar-refractivity contribution in [1.29, 1.82) is 0 Å². The molecule has 0 bridgehead atoms. The van der Waals surface area contributed by atoms with Gasteiger partial charge in [0.1, 0.15) is 0 Å². The summed E-state index contributed by atoms with van der Waals surface area (Å²) in [6, 6.07) is 3.56. The van der Waals surface area contributed by atoms with Crippen molar-refractivity contribution >= 4 is 29.1 Å². The van der Waals surface area contributed by atoms with Gasteiger partial charge in [-0.05, 0) is 24.3 Å². The van der Waals surface area contributed by atoms with E-state index >= 15 is 0 Å². The summed E-state index contributed by atoms with van der Waals surface area (Å²) in [5.74, 6) is -0.184. The Balaban J connectivity index is 1.61. The number of nitrogens with zero attached hydrogens (tertiary/aromatic N) is 2. The zero-order valence-corrected chi connectivity index (χ0v) is 15.4. The van der Waals surface area contributed by atoms with Crippen molar-refractivity contribution in [3.63, 3.8) is 0 Å². The minimum atomic E-state index is -0.213. The van der Waals surface area contributed by atoms with Crippen molar-refractivity contribution in [3.05, 3.63) is 22.4 Å². The van der Waals surface area contributed by atoms with Crippen LogP contribution in [0.4, 0.5) is 0 Å². The fourth-order valence-electron chi connectivity index (χ4n) is 4.08. The molecule has 25 heavy (non-hydrogen) atoms. The smallest absolute Gasteiger partial charge is 0.261 e. The normalized spacial score (nSPS) is 19.7. The molecule has 2 heterocycles. The minimum Gasteiger partial charge on any atom is -0.342 e. The molecule has 0 atom stereocenters. The molecule has 2 aliphatic rings. The van der Waals surface area contributed by atoms with Crippen molar-refractivity contribution in [2.24, 2.45) is 0 Å². The van der Waals surface area contributed by atoms with Crippen LogP contribution in [-0.4, -0.2) is 59.2 Å². The van der Waals surface area contributed by atoms with Crippen molar-refractivity contribution in [2.45, 2.75) is 44.6 Å². The largest absolute Gasteiger partial charge is 0.342 e. The Labute approximate surface area is 152 Å². The van der Waals surface area contributed by atoms with E-state index in [2.05, 4.69) is 5.32 Å². The van der Waals surface area contributed by atoms with Gasteiger partial charge in [-0.3, -0.25) is 14.4 Å². The molecule has 136 valence electrons. The molecule has 1 aromatic rings. The van der Waals surface area contributed by atoms with E-state index in [1.807, 2.05) is 21.2 Å². The van der Waals surface area contributed by atoms with E-state index in [1.54, 1.807) is 13.0 Å². The van der Waals surface area contributed by atoms with Gasteiger partial charge in [0.2, 0.25) is 11.8 Å². The summed E-state index contributed by atoms with van der Waals surface area (Å²) in [6.07, 6.45) is 5.30. The van der Waals surface area contributed by atoms with E-state index in [4.69, 9.17) is 0 Å². The van der Waals surface area contributed by atoms with Crippen LogP contribution in [0, 0.1) is 0 Å². The SMILES string of the molecule is CC(=O)N1CCN(C(=O)CNC(=O)c2cccs2)CC12CCCCC2. The molecule has 7 heteroatoms. The number of hydrogen-bond acceptors (Lipinski definition) is 4. The standard InChI is InChI=1S/C18H25N3O3S/c1-14(22)21-10-9-20(13-18(21)7-3-2-4-8-18)16(23)12-19-17(24)15-6-5-11-25-15/h5-6,11H,2-4,7-10,12-13H2,1H3,(H,19,24). The molecule has 0 aromatic carbocycles. The fourth-order valence-corrected chi connectivity index (χ4v) is 4.72. The van der Waals surface area contributed by atoms with Crippen LogP contribution in [0.5, 0.6) is 0 Å². The molecule has 0 unspecified atom stereocenters. The maximum absolute atomic E-state index is 12.6. The molecule has 1 saturated carbocycles. The van der Waals surface area contributed by atoms with Crippen molar-refractivity contribution in [1.82, 2.24) is 15.1 Å². The number of carbonyl (C=O) groups excluding carboxylic acids is 3. The highest BCUT2D eigenvalue weighted by molar-refractivity contribution is 7.12. The minimum absolute atomic E-state index is 0.00683. The van der Waals surface area contributed by atoms with Crippen LogP contribution >= 0.6 is 11.3 Å². The number of nitrogens with one attached hydrogen (secondary N) is 1. The molecule has 3 amide bonds. The van der Waals surface area contributed by atoms with Gasteiger partial charge in [0.25, 0.3) is 5.91 Å². The summed E-state index contributed by atoms with van der Waals surface area (Å²) >= 11 is 1.36. The van der Waals surface area contributed by atoms with Gasteiger partial charge in [0, 0.05) is 26.6 Å². The first-order valence-electron chi connectivity index (χ1n) is 8.89. The summed E-state index contributed by atoms with van der Waals surface area (Å²) in [5, 5.41) is 4.55. The molecule has 2 fully saturated rings. The zero-order valence-electron chi connectivity index (χ0n) is 14.6. The Kier molecular flexibility index (Phi) is 5.42. The lowest BCUT2D eigenvalue weighted by Crippen LogP contribution is -2.65. The van der Waals surface area contributed by atoms with Crippen LogP contribution in [0.1, 0.15) is 48.7 Å². The number of amides is 3. The van der Waals surface area contributed by atoms with Crippen LogP contribution in [0.25, 0.3) is 0 Å². The lowest BCUT2D eigenvalue weighted by atomic mass is 9.78. The Morgan fingerprint density at radius 3 is 2.60 bits per heavy atom. The molecular weight excluding hydrogens is 338 g/mol. The van der Waals surface area contributed by atoms with Gasteiger partial charge in [-0.1, -0.05) is 25.3 Å². The van der Waals surface area contributed by atoms with E-state index < -0.39 is 0 Å². The molecule has 3 rings (SSSR count). The van der Waals surface area contributed by atoms with Gasteiger partial charge in [-0.2, -0.15) is 0 Å². The van der Waals surface area contributed by atoms with Gasteiger partial charge in [-0.15, -0.1) is 11.3 Å². The monoisotopic (exact) mass is 363 g/mol. The van der Waals surface area contributed by atoms with Crippen LogP contribution < -0.4 is 5.32 Å². The number of piperazine rings is 1. The Morgan fingerprint density at radius 2 is 1.96 bits per heavy atom. The van der Waals surface area contributed by atoms with Gasteiger partial charge < -0.3 is 15.1 Å². The topological polar surface area (TPSA) is 69.7 Å². The van der Waals surface area contributed by atoms with E-state index in [0.717, 1.165) is 25.7 Å². The van der Waals surface area contributed by atoms with Crippen LogP contribution in [0.15, 0.2) is 17.5 Å². The van der Waals surface area contributed by atoms with Gasteiger partial charge in [0.15, 0.2) is 0 Å². The predicted molar refractivity (Wildman–Crippen MR) is 96.4 cm³/mol. The molecule has 1 saturated heterocycles. The zero-order chi connectivity index (χ0) is 17.9. The maximum atomic E-state index is 12.6. The summed E-state index contributed by atoms with van der Waals surface area (Å²) in [4.78, 5) is 41.1. The Morgan fingerprint density at radius 1 is 1.20 bits per heavy atom. The van der Waals surface area contributed by atoms with E-state index in [1.165, 1.54) is 17.8 Å². The van der Waals surface area contributed by atoms with Crippen molar-refractivity contribution in [3.8, 4) is 0 Å². The summed E-state index contributed by atoms with van der Waals surface area (Å²) in [5.41, 5.74) is -0.213. The lowest BCUT2D eigenvalue weighted by molar-refractivity contribution is -0.149. The fraction of sp³-hybridized carbons (Fsp3) is 0.611. The molecular formula is C18H25N3O3S. The van der Waals surface area contributed by atoms with Gasteiger partial charge in [0.05, 0.1) is 17.0 Å². The third-order valence-corrected chi connectivity index (χ3v) is 6.18. The molecule has 1 N–H and O–H groups in total. The number of carbonyl (C=O) groups is 3. The Bertz CT molecular complexity index is 638. The summed E-state index contributed by atoms with van der Waals surface area (Å²) in [6.45, 7) is 3.33. The highest BCUT2D eigenvalue weighted by atomic mass is 32.1. The highest BCUT2D eigenvalue weighted by Crippen LogP contribution is 2.36. The lowest BCUT2D eigenvalue weighted by Gasteiger charge is -2.52. The average Bonchev–Trinajstić information content (AvgIpc) is 3.14. The van der Waals surface area contributed by atoms with Gasteiger partial charge in [-0.25, -0.2) is 0 Å². The molecule has 1 spiro atoms. The van der Waals surface area contributed by atoms with E-state index in [0.29, 0.717) is 24.5 Å². The first kappa shape index (κ1) is 17.9. The van der Waals surface area contributed by atoms with E-state index in [-0.39, 0.29) is 29.8 Å². The maximum Gasteiger partial charge on any atom is 0.261 e. The van der Waals surface area contributed by atoms with E-state index in [9.17, 15) is 14.4 Å². The summed E-state index contributed by atoms with van der Waals surface area (Å²) in [7, 11) is 0. The third-order valence-electron chi connectivity index (χ3n) is 5.31. The third kappa shape index (κ3) is 3.86. The van der Waals surface area contributed by atoms with Gasteiger partial charge >= 0.3 is 0 Å². The summed E-state index contributed by atoms with van der Waals surface area (Å²) < 4.78 is 0. The number of thiophene rings is 1. The quantitative estimate of drug-likeness (QED) is 0.891. The second-order valence-electron chi connectivity index (χ2n) is 6.93. The van der Waals surface area contributed by atoms with Crippen LogP contribution in [0.2, 0.25) is 0 Å². The van der Waals surface area contributed by atoms with Crippen LogP contribution in [-0.2, 0) is 9.59 Å². The second kappa shape index (κ2) is 7.56. The highest BCUT2D eigenvalue weighted by Gasteiger charge is 2.44.